The summed E-state index contributed by atoms with van der Waals surface area (Å²) >= 11 is 0. The van der Waals surface area contributed by atoms with E-state index in [2.05, 4.69) is 6.65 Å². The average Bonchev–Trinajstić information content (AvgIpc) is 1.50. The summed E-state index contributed by atoms with van der Waals surface area (Å²) in [5, 5.41) is 12.0. The predicted molar refractivity (Wildman–Crippen MR) is 9.49 cm³/mol. The van der Waals surface area contributed by atoms with Crippen molar-refractivity contribution < 1.29 is 6.08 Å². The summed E-state index contributed by atoms with van der Waals surface area (Å²) < 4.78 is 7.50. The summed E-state index contributed by atoms with van der Waals surface area (Å²) in [6, 6.07) is 0. The number of rotatable bonds is 0. The summed E-state index contributed by atoms with van der Waals surface area (Å²) in [4.78, 5) is 0. The zero-order chi connectivity index (χ0) is 4.00. The van der Waals surface area contributed by atoms with Crippen LogP contribution in [0.3, 0.4) is 0 Å². The van der Waals surface area contributed by atoms with Crippen LogP contribution in [0.15, 0.2) is 0 Å². The van der Waals surface area contributed by atoms with E-state index in [1.54, 1.807) is 0 Å². The maximum absolute atomic E-state index is 7.50. The summed E-state index contributed by atoms with van der Waals surface area (Å²) in [6.07, 6.45) is 0. The zero-order valence-corrected chi connectivity index (χ0v) is 1.80. The van der Waals surface area contributed by atoms with Gasteiger partial charge in [0, 0.05) is 12.2 Å². The molecule has 0 aromatic rings. The topological polar surface area (TPSA) is 67.5 Å². The Morgan fingerprint density at radius 2 is 1.50 bits per heavy atom. The Labute approximate surface area is 24.9 Å². The van der Waals surface area contributed by atoms with Crippen molar-refractivity contribution in [3.05, 3.63) is 6.65 Å². The molecule has 0 rings (SSSR count). The fourth-order valence-corrected chi connectivity index (χ4v) is 0. The van der Waals surface area contributed by atoms with Crippen molar-refractivity contribution in [2.75, 3.05) is 0 Å². The molecule has 0 saturated carbocycles. The Bertz CT molecular complexity index is 25.1. The molecule has 3 nitrogen and oxygen atoms in total. The van der Waals surface area contributed by atoms with Crippen LogP contribution in [0.4, 0.5) is 0 Å². The molecule has 0 atom stereocenters. The summed E-state index contributed by atoms with van der Waals surface area (Å²) in [6.45, 7) is 4.50. The van der Waals surface area contributed by atoms with E-state index < -0.39 is 0 Å². The maximum atomic E-state index is 7.50. The Morgan fingerprint density at radius 1 is 1.50 bits per heavy atom. The summed E-state index contributed by atoms with van der Waals surface area (Å²) in [5.41, 5.74) is 0. The fraction of sp³-hybridized carbons (Fsp3) is 0. The number of hydrogen-bond donors (Lipinski definition) is 0. The van der Waals surface area contributed by atoms with Gasteiger partial charge in [-0.15, -0.1) is 0 Å². The SMILES string of the molecule is N#N.[C-]#[O+].[HH]. The van der Waals surface area contributed by atoms with Crippen molar-refractivity contribution >= 4 is 0 Å². The smallest absolute Gasteiger partial charge is 0 e. The molecule has 0 unspecified atom stereocenters. The minimum Gasteiger partial charge on any atom is 0 e. The van der Waals surface area contributed by atoms with Crippen LogP contribution >= 0.6 is 0 Å². The molecule has 0 aliphatic carbocycles. The standard InChI is InChI=1S/CO.N2.H2/c2*1-2;/h;;1H. The Morgan fingerprint density at radius 3 is 1.50 bits per heavy atom. The third-order valence-corrected chi connectivity index (χ3v) is 0. The predicted octanol–water partition coefficient (Wildman–Crippen LogP) is 0.239. The van der Waals surface area contributed by atoms with Gasteiger partial charge in [-0.25, -0.2) is 0 Å². The van der Waals surface area contributed by atoms with Crippen molar-refractivity contribution in [2.24, 2.45) is 0 Å². The molecule has 22 valence electrons. The van der Waals surface area contributed by atoms with Gasteiger partial charge < -0.3 is 0 Å². The molecule has 0 amide bonds. The van der Waals surface area contributed by atoms with E-state index in [1.165, 1.54) is 0 Å². The molecule has 0 bridgehead atoms. The van der Waals surface area contributed by atoms with Gasteiger partial charge in [0.2, 0.25) is 0 Å². The van der Waals surface area contributed by atoms with Crippen LogP contribution in [0.25, 0.3) is 0 Å². The van der Waals surface area contributed by atoms with Crippen molar-refractivity contribution in [3.63, 3.8) is 0 Å². The molecule has 0 aliphatic rings. The van der Waals surface area contributed by atoms with Crippen LogP contribution in [0.5, 0.6) is 0 Å². The molecule has 0 spiro atoms. The summed E-state index contributed by atoms with van der Waals surface area (Å²) in [5.74, 6) is 0. The molecule has 0 aromatic heterocycles. The van der Waals surface area contributed by atoms with Crippen molar-refractivity contribution in [1.82, 2.24) is 0 Å². The molecular weight excluding hydrogens is 56.0 g/mol. The number of nitrogens with zero attached hydrogens (tertiary/aromatic N) is 2. The second-order valence-corrected chi connectivity index (χ2v) is 0. The first-order valence-corrected chi connectivity index (χ1v) is 0.404. The van der Waals surface area contributed by atoms with Gasteiger partial charge in [-0.3, -0.25) is 0 Å². The van der Waals surface area contributed by atoms with Crippen molar-refractivity contribution in [1.29, 1.82) is 10.8 Å². The Kier molecular flexibility index (Phi) is 11.3. The Balaban J connectivity index is -0.0000000133. The van der Waals surface area contributed by atoms with Crippen LogP contribution in [0.1, 0.15) is 1.43 Å². The molecule has 0 fully saturated rings. The van der Waals surface area contributed by atoms with E-state index >= 15 is 0 Å². The molecule has 0 aromatic carbocycles. The third-order valence-electron chi connectivity index (χ3n) is 0. The van der Waals surface area contributed by atoms with Crippen LogP contribution in [0.2, 0.25) is 0 Å². The fourth-order valence-electron chi connectivity index (χ4n) is 0. The van der Waals surface area contributed by atoms with Gasteiger partial charge >= 0.3 is 11.3 Å². The minimum absolute atomic E-state index is 0. The van der Waals surface area contributed by atoms with E-state index in [1.807, 2.05) is 0 Å². The van der Waals surface area contributed by atoms with Crippen LogP contribution < -0.4 is 0 Å². The third kappa shape index (κ3) is 0.0421. The van der Waals surface area contributed by atoms with Gasteiger partial charge in [-0.1, -0.05) is 0 Å². The monoisotopic (exact) mass is 58.0 g/mol. The van der Waals surface area contributed by atoms with Crippen LogP contribution in [-0.2, 0) is 4.65 Å². The van der Waals surface area contributed by atoms with Crippen molar-refractivity contribution in [2.45, 2.75) is 0 Å². The van der Waals surface area contributed by atoms with E-state index in [0.717, 1.165) is 0 Å². The van der Waals surface area contributed by atoms with E-state index in [0.29, 0.717) is 0 Å². The largest absolute Gasteiger partial charge is 0 e. The molecule has 0 N–H and O–H groups in total. The zero-order valence-electron chi connectivity index (χ0n) is 1.80. The summed E-state index contributed by atoms with van der Waals surface area (Å²) in [7, 11) is 0. The number of hydrogen-bond acceptors (Lipinski definition) is 2. The molecule has 0 saturated heterocycles. The van der Waals surface area contributed by atoms with Gasteiger partial charge in [0.15, 0.2) is 0 Å². The van der Waals surface area contributed by atoms with Gasteiger partial charge in [0.1, 0.15) is 0 Å². The second-order valence-electron chi connectivity index (χ2n) is 0. The minimum atomic E-state index is 0. The normalized spacial score (nSPS) is 1.00. The van der Waals surface area contributed by atoms with Crippen LogP contribution in [-0.4, -0.2) is 0 Å². The van der Waals surface area contributed by atoms with E-state index in [4.69, 9.17) is 15.4 Å². The maximum Gasteiger partial charge on any atom is 0 e. The van der Waals surface area contributed by atoms with E-state index in [9.17, 15) is 0 Å². The molecule has 0 aliphatic heterocycles. The molecule has 3 heteroatoms. The van der Waals surface area contributed by atoms with Gasteiger partial charge in [-0.2, -0.15) is 0 Å². The molecule has 4 heavy (non-hydrogen) atoms. The first kappa shape index (κ1) is 11.0. The quantitative estimate of drug-likeness (QED) is 0.227. The molecule has 0 radical (unpaired) electrons. The van der Waals surface area contributed by atoms with Gasteiger partial charge in [-0.05, 0) is 0 Å². The van der Waals surface area contributed by atoms with Crippen molar-refractivity contribution in [3.8, 4) is 0 Å². The second kappa shape index (κ2) is 4.12. The van der Waals surface area contributed by atoms with Gasteiger partial charge in [0.05, 0.1) is 0 Å². The molecule has 0 heterocycles. The average molecular weight is 58.0 g/mol. The Hall–Kier alpha value is -0.840. The first-order valence-electron chi connectivity index (χ1n) is 0.404. The van der Waals surface area contributed by atoms with E-state index in [-0.39, 0.29) is 1.43 Å². The first-order chi connectivity index (χ1) is 2.00. The van der Waals surface area contributed by atoms with Crippen LogP contribution in [0, 0.1) is 17.4 Å². The molecular formula is CH2N2O. The van der Waals surface area contributed by atoms with Gasteiger partial charge in [0.25, 0.3) is 0 Å².